The van der Waals surface area contributed by atoms with Crippen molar-refractivity contribution in [1.29, 1.82) is 0 Å². The smallest absolute Gasteiger partial charge is 0.258 e. The van der Waals surface area contributed by atoms with Crippen LogP contribution in [0.15, 0.2) is 24.3 Å². The average Bonchev–Trinajstić information content (AvgIpc) is 2.43. The highest BCUT2D eigenvalue weighted by Gasteiger charge is 2.25. The molecular formula is C12H15NO2. The summed E-state index contributed by atoms with van der Waals surface area (Å²) in [6.45, 7) is 6.50. The molecule has 0 spiro atoms. The first-order valence-corrected chi connectivity index (χ1v) is 4.97. The van der Waals surface area contributed by atoms with E-state index in [9.17, 15) is 9.59 Å². The zero-order valence-corrected chi connectivity index (χ0v) is 9.20. The number of fused-ring (bicyclic) bond motifs is 1. The van der Waals surface area contributed by atoms with E-state index in [1.54, 1.807) is 24.3 Å². The Balaban J connectivity index is 0.000000245. The van der Waals surface area contributed by atoms with Crippen LogP contribution in [-0.4, -0.2) is 11.8 Å². The molecule has 0 unspecified atom stereocenters. The fourth-order valence-corrected chi connectivity index (χ4v) is 1.12. The van der Waals surface area contributed by atoms with Crippen molar-refractivity contribution in [2.45, 2.75) is 20.8 Å². The van der Waals surface area contributed by atoms with E-state index in [1.165, 1.54) is 0 Å². The van der Waals surface area contributed by atoms with Crippen LogP contribution in [0.4, 0.5) is 0 Å². The molecule has 3 nitrogen and oxygen atoms in total. The molecule has 15 heavy (non-hydrogen) atoms. The summed E-state index contributed by atoms with van der Waals surface area (Å²) in [6.07, 6.45) is 0. The highest BCUT2D eigenvalue weighted by Crippen LogP contribution is 2.13. The topological polar surface area (TPSA) is 46.2 Å². The zero-order chi connectivity index (χ0) is 11.4. The lowest BCUT2D eigenvalue weighted by Gasteiger charge is -1.88. The second-order valence-corrected chi connectivity index (χ2v) is 4.06. The maximum atomic E-state index is 10.9. The Morgan fingerprint density at radius 1 is 0.933 bits per heavy atom. The molecule has 1 N–H and O–H groups in total. The highest BCUT2D eigenvalue weighted by atomic mass is 16.2. The van der Waals surface area contributed by atoms with E-state index in [4.69, 9.17) is 0 Å². The molecular weight excluding hydrogens is 190 g/mol. The summed E-state index contributed by atoms with van der Waals surface area (Å²) in [5.74, 6) is 0.233. The lowest BCUT2D eigenvalue weighted by Crippen LogP contribution is -2.19. The van der Waals surface area contributed by atoms with Gasteiger partial charge in [0.25, 0.3) is 11.8 Å². The first-order chi connectivity index (χ1) is 7.02. The molecule has 3 heteroatoms. The molecule has 0 saturated heterocycles. The van der Waals surface area contributed by atoms with Gasteiger partial charge in [-0.2, -0.15) is 0 Å². The van der Waals surface area contributed by atoms with Gasteiger partial charge < -0.3 is 0 Å². The van der Waals surface area contributed by atoms with Crippen molar-refractivity contribution in [2.24, 2.45) is 5.92 Å². The Hall–Kier alpha value is -1.64. The molecule has 0 aliphatic carbocycles. The standard InChI is InChI=1S/C8H5NO2.C4H10/c10-7-5-3-1-2-4-6(5)8(11)9-7;1-4(2)3/h1-4H,(H,9,10,11);4H,1-3H3. The Morgan fingerprint density at radius 2 is 1.27 bits per heavy atom. The molecule has 1 aromatic rings. The second kappa shape index (κ2) is 4.73. The summed E-state index contributed by atoms with van der Waals surface area (Å²) < 4.78 is 0. The number of nitrogens with one attached hydrogen (secondary N) is 1. The van der Waals surface area contributed by atoms with Gasteiger partial charge in [-0.3, -0.25) is 14.9 Å². The predicted molar refractivity (Wildman–Crippen MR) is 58.8 cm³/mol. The molecule has 0 aromatic heterocycles. The molecule has 0 saturated carbocycles. The van der Waals surface area contributed by atoms with Gasteiger partial charge in [0.1, 0.15) is 0 Å². The number of imide groups is 1. The van der Waals surface area contributed by atoms with Gasteiger partial charge in [-0.15, -0.1) is 0 Å². The summed E-state index contributed by atoms with van der Waals surface area (Å²) in [7, 11) is 0. The number of carbonyl (C=O) groups is 2. The van der Waals surface area contributed by atoms with Crippen LogP contribution in [-0.2, 0) is 0 Å². The highest BCUT2D eigenvalue weighted by molar-refractivity contribution is 6.21. The molecule has 0 atom stereocenters. The van der Waals surface area contributed by atoms with E-state index >= 15 is 0 Å². The van der Waals surface area contributed by atoms with Crippen molar-refractivity contribution in [3.05, 3.63) is 35.4 Å². The number of hydrogen-bond donors (Lipinski definition) is 1. The van der Waals surface area contributed by atoms with Gasteiger partial charge in [-0.05, 0) is 18.1 Å². The van der Waals surface area contributed by atoms with Crippen molar-refractivity contribution in [3.8, 4) is 0 Å². The largest absolute Gasteiger partial charge is 0.288 e. The van der Waals surface area contributed by atoms with Gasteiger partial charge in [-0.25, -0.2) is 0 Å². The summed E-state index contributed by atoms with van der Waals surface area (Å²) in [5, 5.41) is 2.20. The van der Waals surface area contributed by atoms with E-state index in [-0.39, 0.29) is 11.8 Å². The quantitative estimate of drug-likeness (QED) is 0.660. The second-order valence-electron chi connectivity index (χ2n) is 4.06. The Kier molecular flexibility index (Phi) is 3.61. The molecule has 0 fully saturated rings. The average molecular weight is 205 g/mol. The van der Waals surface area contributed by atoms with Crippen LogP contribution in [0.5, 0.6) is 0 Å². The summed E-state index contributed by atoms with van der Waals surface area (Å²) >= 11 is 0. The maximum absolute atomic E-state index is 10.9. The van der Waals surface area contributed by atoms with E-state index in [2.05, 4.69) is 26.1 Å². The van der Waals surface area contributed by atoms with Crippen molar-refractivity contribution >= 4 is 11.8 Å². The fourth-order valence-electron chi connectivity index (χ4n) is 1.12. The Labute approximate surface area is 89.5 Å². The molecule has 0 radical (unpaired) electrons. The van der Waals surface area contributed by atoms with Crippen LogP contribution in [0.2, 0.25) is 0 Å². The summed E-state index contributed by atoms with van der Waals surface area (Å²) in [6, 6.07) is 6.74. The first kappa shape index (κ1) is 11.4. The van der Waals surface area contributed by atoms with Crippen molar-refractivity contribution in [3.63, 3.8) is 0 Å². The number of carbonyl (C=O) groups excluding carboxylic acids is 2. The van der Waals surface area contributed by atoms with E-state index in [1.807, 2.05) is 0 Å². The van der Waals surface area contributed by atoms with Crippen LogP contribution in [0, 0.1) is 5.92 Å². The molecule has 1 aliphatic heterocycles. The van der Waals surface area contributed by atoms with Crippen LogP contribution >= 0.6 is 0 Å². The minimum Gasteiger partial charge on any atom is -0.288 e. The van der Waals surface area contributed by atoms with Gasteiger partial charge in [0.05, 0.1) is 11.1 Å². The van der Waals surface area contributed by atoms with E-state index in [0.29, 0.717) is 11.1 Å². The molecule has 2 rings (SSSR count). The molecule has 0 bridgehead atoms. The molecule has 80 valence electrons. The van der Waals surface area contributed by atoms with Crippen molar-refractivity contribution in [2.75, 3.05) is 0 Å². The molecule has 2 amide bonds. The van der Waals surface area contributed by atoms with Gasteiger partial charge >= 0.3 is 0 Å². The van der Waals surface area contributed by atoms with Crippen LogP contribution < -0.4 is 5.32 Å². The third kappa shape index (κ3) is 2.91. The minimum atomic E-state index is -0.300. The molecule has 1 aliphatic rings. The van der Waals surface area contributed by atoms with Gasteiger partial charge in [-0.1, -0.05) is 32.9 Å². The van der Waals surface area contributed by atoms with Crippen LogP contribution in [0.1, 0.15) is 41.5 Å². The lowest BCUT2D eigenvalue weighted by molar-refractivity contribution is 0.0879. The van der Waals surface area contributed by atoms with Crippen molar-refractivity contribution in [1.82, 2.24) is 5.32 Å². The molecule has 1 aromatic carbocycles. The first-order valence-electron chi connectivity index (χ1n) is 4.97. The number of benzene rings is 1. The van der Waals surface area contributed by atoms with Crippen molar-refractivity contribution < 1.29 is 9.59 Å². The third-order valence-electron chi connectivity index (χ3n) is 1.64. The number of hydrogen-bond acceptors (Lipinski definition) is 2. The van der Waals surface area contributed by atoms with Gasteiger partial charge in [0.15, 0.2) is 0 Å². The van der Waals surface area contributed by atoms with Crippen LogP contribution in [0.3, 0.4) is 0 Å². The lowest BCUT2D eigenvalue weighted by atomic mass is 10.1. The Bertz CT molecular complexity index is 347. The summed E-state index contributed by atoms with van der Waals surface area (Å²) in [5.41, 5.74) is 0.940. The third-order valence-corrected chi connectivity index (χ3v) is 1.64. The van der Waals surface area contributed by atoms with Crippen LogP contribution in [0.25, 0.3) is 0 Å². The monoisotopic (exact) mass is 205 g/mol. The number of rotatable bonds is 0. The fraction of sp³-hybridized carbons (Fsp3) is 0.333. The number of amides is 2. The van der Waals surface area contributed by atoms with Gasteiger partial charge in [0.2, 0.25) is 0 Å². The molecule has 1 heterocycles. The van der Waals surface area contributed by atoms with E-state index in [0.717, 1.165) is 5.92 Å². The predicted octanol–water partition coefficient (Wildman–Crippen LogP) is 2.23. The SMILES string of the molecule is CC(C)C.O=C1NC(=O)c2ccccc21. The Morgan fingerprint density at radius 3 is 1.60 bits per heavy atom. The van der Waals surface area contributed by atoms with Gasteiger partial charge in [0, 0.05) is 0 Å². The zero-order valence-electron chi connectivity index (χ0n) is 9.20. The van der Waals surface area contributed by atoms with E-state index < -0.39 is 0 Å². The summed E-state index contributed by atoms with van der Waals surface area (Å²) in [4.78, 5) is 21.9. The maximum Gasteiger partial charge on any atom is 0.258 e. The minimum absolute atomic E-state index is 0.300. The normalized spacial score (nSPS) is 13.1.